The smallest absolute Gasteiger partial charge is 0.190 e. The lowest BCUT2D eigenvalue weighted by Crippen LogP contribution is -1.94. The first-order chi connectivity index (χ1) is 24.7. The molecule has 7 aromatic carbocycles. The molecule has 2 aromatic heterocycles. The van der Waals surface area contributed by atoms with Crippen molar-refractivity contribution in [1.82, 2.24) is 9.97 Å². The van der Waals surface area contributed by atoms with Crippen molar-refractivity contribution in [3.63, 3.8) is 0 Å². The molecule has 0 atom stereocenters. The summed E-state index contributed by atoms with van der Waals surface area (Å²) in [4.78, 5) is 12.9. The standard InChI is InChI=1S/C46H26N4/c1-48-34-21-23-50-42(27-34)31-11-9-13-33(26-31)44-40-19-7-6-18-39(40)43(32-12-8-10-30(25-32)41-24-29(28-47)20-22-49-41)45-37-16-4-2-14-35(37)36-15-3-5-17-38(36)46(44)45/h2-27H. The van der Waals surface area contributed by atoms with Gasteiger partial charge in [0.25, 0.3) is 0 Å². The Balaban J connectivity index is 1.45. The molecule has 4 nitrogen and oxygen atoms in total. The molecule has 9 aromatic rings. The summed E-state index contributed by atoms with van der Waals surface area (Å²) in [5, 5.41) is 19.0. The van der Waals surface area contributed by atoms with Crippen LogP contribution in [0.25, 0.3) is 92.7 Å². The quantitative estimate of drug-likeness (QED) is 0.110. The molecule has 50 heavy (non-hydrogen) atoms. The lowest BCUT2D eigenvalue weighted by atomic mass is 9.81. The van der Waals surface area contributed by atoms with Gasteiger partial charge in [-0.05, 0) is 107 Å². The summed E-state index contributed by atoms with van der Waals surface area (Å²) in [7, 11) is 0. The van der Waals surface area contributed by atoms with Gasteiger partial charge >= 0.3 is 0 Å². The average Bonchev–Trinajstić information content (AvgIpc) is 3.20. The number of fused-ring (bicyclic) bond motifs is 7. The predicted molar refractivity (Wildman–Crippen MR) is 205 cm³/mol. The molecule has 0 fully saturated rings. The van der Waals surface area contributed by atoms with Gasteiger partial charge in [0.2, 0.25) is 0 Å². The van der Waals surface area contributed by atoms with Gasteiger partial charge in [-0.2, -0.15) is 5.26 Å². The van der Waals surface area contributed by atoms with Crippen molar-refractivity contribution < 1.29 is 0 Å². The van der Waals surface area contributed by atoms with Gasteiger partial charge in [-0.3, -0.25) is 9.97 Å². The Morgan fingerprint density at radius 3 is 1.44 bits per heavy atom. The lowest BCUT2D eigenvalue weighted by molar-refractivity contribution is 1.31. The van der Waals surface area contributed by atoms with Crippen molar-refractivity contribution in [2.45, 2.75) is 0 Å². The highest BCUT2D eigenvalue weighted by atomic mass is 14.7. The molecule has 0 aliphatic heterocycles. The summed E-state index contributed by atoms with van der Waals surface area (Å²) in [6.07, 6.45) is 3.40. The van der Waals surface area contributed by atoms with E-state index in [0.717, 1.165) is 55.5 Å². The molecule has 2 heterocycles. The molecule has 0 unspecified atom stereocenters. The molecule has 0 saturated carbocycles. The lowest BCUT2D eigenvalue weighted by Gasteiger charge is -2.22. The maximum Gasteiger partial charge on any atom is 0.190 e. The number of hydrogen-bond acceptors (Lipinski definition) is 3. The third kappa shape index (κ3) is 4.67. The molecule has 0 amide bonds. The highest BCUT2D eigenvalue weighted by Gasteiger charge is 2.22. The largest absolute Gasteiger partial charge is 0.259 e. The van der Waals surface area contributed by atoms with Gasteiger partial charge in [0.15, 0.2) is 5.69 Å². The Labute approximate surface area is 289 Å². The van der Waals surface area contributed by atoms with Gasteiger partial charge < -0.3 is 0 Å². The van der Waals surface area contributed by atoms with Crippen LogP contribution in [-0.2, 0) is 0 Å². The van der Waals surface area contributed by atoms with E-state index < -0.39 is 0 Å². The second kappa shape index (κ2) is 11.8. The molecule has 0 saturated heterocycles. The van der Waals surface area contributed by atoms with Gasteiger partial charge in [-0.1, -0.05) is 109 Å². The zero-order valence-corrected chi connectivity index (χ0v) is 26.8. The van der Waals surface area contributed by atoms with E-state index >= 15 is 0 Å². The van der Waals surface area contributed by atoms with Crippen LogP contribution in [-0.4, -0.2) is 9.97 Å². The zero-order valence-electron chi connectivity index (χ0n) is 26.8. The molecule has 0 spiro atoms. The Morgan fingerprint density at radius 1 is 0.460 bits per heavy atom. The molecule has 0 bridgehead atoms. The summed E-state index contributed by atoms with van der Waals surface area (Å²) in [5.41, 5.74) is 9.06. The van der Waals surface area contributed by atoms with Crippen LogP contribution < -0.4 is 0 Å². The minimum Gasteiger partial charge on any atom is -0.259 e. The van der Waals surface area contributed by atoms with Crippen LogP contribution in [0.15, 0.2) is 158 Å². The van der Waals surface area contributed by atoms with Crippen molar-refractivity contribution in [2.24, 2.45) is 0 Å². The summed E-state index contributed by atoms with van der Waals surface area (Å²) < 4.78 is 0. The summed E-state index contributed by atoms with van der Waals surface area (Å²) >= 11 is 0. The number of benzene rings is 7. The molecule has 9 rings (SSSR count). The number of hydrogen-bond donors (Lipinski definition) is 0. The third-order valence-electron chi connectivity index (χ3n) is 9.55. The minimum absolute atomic E-state index is 0.565. The monoisotopic (exact) mass is 634 g/mol. The van der Waals surface area contributed by atoms with Crippen LogP contribution in [0.4, 0.5) is 5.69 Å². The zero-order chi connectivity index (χ0) is 33.6. The SMILES string of the molecule is [C-]#[N+]c1ccnc(-c2cccc(-c3c4ccccc4c(-c4cccc(-c5cc(C#N)ccn5)c4)c4c5ccccc5c5ccccc5c34)c2)c1. The Bertz CT molecular complexity index is 2710. The fourth-order valence-corrected chi connectivity index (χ4v) is 7.42. The van der Waals surface area contributed by atoms with Gasteiger partial charge in [0.05, 0.1) is 29.6 Å². The van der Waals surface area contributed by atoms with E-state index in [4.69, 9.17) is 6.57 Å². The number of nitriles is 1. The maximum absolute atomic E-state index is 9.60. The molecule has 4 heteroatoms. The van der Waals surface area contributed by atoms with Crippen molar-refractivity contribution in [3.8, 4) is 50.8 Å². The van der Waals surface area contributed by atoms with Crippen LogP contribution in [0.1, 0.15) is 5.56 Å². The second-order valence-electron chi connectivity index (χ2n) is 12.4. The van der Waals surface area contributed by atoms with Crippen LogP contribution in [0.3, 0.4) is 0 Å². The van der Waals surface area contributed by atoms with Crippen LogP contribution in [0, 0.1) is 17.9 Å². The van der Waals surface area contributed by atoms with Crippen molar-refractivity contribution in [2.75, 3.05) is 0 Å². The van der Waals surface area contributed by atoms with E-state index in [1.165, 1.54) is 32.3 Å². The molecule has 0 aliphatic rings. The van der Waals surface area contributed by atoms with Crippen molar-refractivity contribution in [3.05, 3.63) is 175 Å². The Hall–Kier alpha value is -7.14. The van der Waals surface area contributed by atoms with E-state index in [1.54, 1.807) is 24.5 Å². The number of rotatable bonds is 4. The molecule has 230 valence electrons. The molecule has 0 radical (unpaired) electrons. The van der Waals surface area contributed by atoms with Crippen molar-refractivity contribution in [1.29, 1.82) is 5.26 Å². The minimum atomic E-state index is 0.565. The fraction of sp³-hybridized carbons (Fsp3) is 0. The number of aromatic nitrogens is 2. The summed E-state index contributed by atoms with van der Waals surface area (Å²) in [5.74, 6) is 0. The molecule has 0 N–H and O–H groups in total. The first-order valence-electron chi connectivity index (χ1n) is 16.4. The highest BCUT2D eigenvalue weighted by molar-refractivity contribution is 6.36. The fourth-order valence-electron chi connectivity index (χ4n) is 7.42. The topological polar surface area (TPSA) is 53.9 Å². The molecular formula is C46H26N4. The summed E-state index contributed by atoms with van der Waals surface area (Å²) in [6, 6.07) is 52.6. The van der Waals surface area contributed by atoms with Gasteiger partial charge in [0.1, 0.15) is 0 Å². The number of pyridine rings is 2. The van der Waals surface area contributed by atoms with Gasteiger partial charge in [-0.25, -0.2) is 4.85 Å². The second-order valence-corrected chi connectivity index (χ2v) is 12.4. The first kappa shape index (κ1) is 29.0. The van der Waals surface area contributed by atoms with Crippen LogP contribution in [0.2, 0.25) is 0 Å². The molecule has 0 aliphatic carbocycles. The van der Waals surface area contributed by atoms with E-state index in [1.807, 2.05) is 12.1 Å². The predicted octanol–water partition coefficient (Wildman–Crippen LogP) is 12.2. The van der Waals surface area contributed by atoms with Gasteiger partial charge in [0, 0.05) is 18.0 Å². The highest BCUT2D eigenvalue weighted by Crippen LogP contribution is 2.50. The first-order valence-corrected chi connectivity index (χ1v) is 16.4. The molecular weight excluding hydrogens is 609 g/mol. The van der Waals surface area contributed by atoms with Gasteiger partial charge in [-0.15, -0.1) is 0 Å². The Kier molecular flexibility index (Phi) is 6.87. The third-order valence-corrected chi connectivity index (χ3v) is 9.55. The Morgan fingerprint density at radius 2 is 0.920 bits per heavy atom. The van der Waals surface area contributed by atoms with E-state index in [2.05, 4.69) is 142 Å². The average molecular weight is 635 g/mol. The van der Waals surface area contributed by atoms with E-state index in [0.29, 0.717) is 11.3 Å². The normalized spacial score (nSPS) is 11.2. The maximum atomic E-state index is 9.60. The number of nitrogens with zero attached hydrogens (tertiary/aromatic N) is 4. The van der Waals surface area contributed by atoms with Crippen molar-refractivity contribution >= 4 is 48.8 Å². The summed E-state index contributed by atoms with van der Waals surface area (Å²) in [6.45, 7) is 7.56. The van der Waals surface area contributed by atoms with E-state index in [-0.39, 0.29) is 0 Å². The van der Waals surface area contributed by atoms with E-state index in [9.17, 15) is 5.26 Å². The van der Waals surface area contributed by atoms with Crippen LogP contribution in [0.5, 0.6) is 0 Å². The van der Waals surface area contributed by atoms with Crippen LogP contribution >= 0.6 is 0 Å².